The molecule has 3 N–H and O–H groups in total. The largest absolute Gasteiger partial charge is 0.322 e. The zero-order chi connectivity index (χ0) is 22.7. The van der Waals surface area contributed by atoms with Gasteiger partial charge in [0, 0.05) is 31.9 Å². The minimum absolute atomic E-state index is 0.253. The van der Waals surface area contributed by atoms with Gasteiger partial charge in [-0.15, -0.1) is 11.3 Å². The minimum Gasteiger partial charge on any atom is -0.322 e. The number of nitrogens with one attached hydrogen (secondary N) is 3. The smallest absolute Gasteiger partial charge is 0.281 e. The monoisotopic (exact) mass is 483 g/mol. The summed E-state index contributed by atoms with van der Waals surface area (Å²) in [5.41, 5.74) is 6.10. The first-order valence-electron chi connectivity index (χ1n) is 9.37. The predicted molar refractivity (Wildman–Crippen MR) is 128 cm³/mol. The van der Waals surface area contributed by atoms with E-state index in [0.29, 0.717) is 32.2 Å². The first-order chi connectivity index (χ1) is 15.4. The highest BCUT2D eigenvalue weighted by atomic mass is 35.5. The Hall–Kier alpha value is -3.39. The number of amides is 3. The van der Waals surface area contributed by atoms with Crippen LogP contribution < -0.4 is 16.2 Å². The molecule has 3 aromatic carbocycles. The first-order valence-corrected chi connectivity index (χ1v) is 10.9. The van der Waals surface area contributed by atoms with Gasteiger partial charge >= 0.3 is 0 Å². The highest BCUT2D eigenvalue weighted by Gasteiger charge is 2.18. The maximum Gasteiger partial charge on any atom is 0.281 e. The number of carbonyl (C=O) groups excluding carboxylic acids is 3. The molecule has 6 nitrogen and oxygen atoms in total. The van der Waals surface area contributed by atoms with E-state index < -0.39 is 11.8 Å². The summed E-state index contributed by atoms with van der Waals surface area (Å²) in [5.74, 6) is -1.30. The fraction of sp³-hybridized carbons (Fsp3) is 0. The van der Waals surface area contributed by atoms with Crippen molar-refractivity contribution in [1.82, 2.24) is 10.9 Å². The van der Waals surface area contributed by atoms with Gasteiger partial charge < -0.3 is 5.32 Å². The molecule has 0 aliphatic carbocycles. The van der Waals surface area contributed by atoms with Crippen molar-refractivity contribution in [2.24, 2.45) is 0 Å². The van der Waals surface area contributed by atoms with Crippen LogP contribution in [0.3, 0.4) is 0 Å². The molecule has 0 fully saturated rings. The molecule has 0 aliphatic heterocycles. The number of carbonyl (C=O) groups is 3. The molecule has 0 unspecified atom stereocenters. The van der Waals surface area contributed by atoms with Crippen molar-refractivity contribution < 1.29 is 14.4 Å². The molecule has 1 heterocycles. The molecule has 0 spiro atoms. The van der Waals surface area contributed by atoms with Crippen molar-refractivity contribution in [2.75, 3.05) is 5.32 Å². The van der Waals surface area contributed by atoms with Crippen LogP contribution in [0.2, 0.25) is 10.0 Å². The topological polar surface area (TPSA) is 87.3 Å². The molecule has 0 radical (unpaired) electrons. The Kier molecular flexibility index (Phi) is 6.41. The number of benzene rings is 3. The third-order valence-corrected chi connectivity index (χ3v) is 6.42. The van der Waals surface area contributed by atoms with E-state index in [-0.39, 0.29) is 10.8 Å². The SMILES string of the molecule is O=C(NNC(=O)c1sc2cc(Cl)ccc2c1Cl)c1ccc(NC(=O)c2ccccc2)cc1. The molecule has 0 atom stereocenters. The van der Waals surface area contributed by atoms with Crippen LogP contribution in [0.4, 0.5) is 5.69 Å². The third-order valence-electron chi connectivity index (χ3n) is 4.53. The zero-order valence-electron chi connectivity index (χ0n) is 16.3. The summed E-state index contributed by atoms with van der Waals surface area (Å²) in [6, 6.07) is 20.2. The van der Waals surface area contributed by atoms with Gasteiger partial charge in [-0.2, -0.15) is 0 Å². The Morgan fingerprint density at radius 1 is 0.719 bits per heavy atom. The molecule has 160 valence electrons. The van der Waals surface area contributed by atoms with Crippen molar-refractivity contribution in [1.29, 1.82) is 0 Å². The van der Waals surface area contributed by atoms with Crippen molar-refractivity contribution in [2.45, 2.75) is 0 Å². The maximum atomic E-state index is 12.5. The molecule has 4 aromatic rings. The van der Waals surface area contributed by atoms with Crippen LogP contribution in [-0.4, -0.2) is 17.7 Å². The number of anilines is 1. The van der Waals surface area contributed by atoms with E-state index in [9.17, 15) is 14.4 Å². The van der Waals surface area contributed by atoms with Gasteiger partial charge in [0.1, 0.15) is 4.88 Å². The number of thiophene rings is 1. The highest BCUT2D eigenvalue weighted by molar-refractivity contribution is 7.21. The molecule has 0 saturated heterocycles. The van der Waals surface area contributed by atoms with Crippen molar-refractivity contribution in [3.05, 3.63) is 98.8 Å². The molecule has 0 bridgehead atoms. The van der Waals surface area contributed by atoms with E-state index in [2.05, 4.69) is 16.2 Å². The van der Waals surface area contributed by atoms with Gasteiger partial charge in [-0.05, 0) is 48.5 Å². The number of rotatable bonds is 4. The van der Waals surface area contributed by atoms with E-state index in [1.165, 1.54) is 23.5 Å². The van der Waals surface area contributed by atoms with Crippen LogP contribution in [0.5, 0.6) is 0 Å². The molecule has 32 heavy (non-hydrogen) atoms. The van der Waals surface area contributed by atoms with Gasteiger partial charge in [0.2, 0.25) is 0 Å². The van der Waals surface area contributed by atoms with Gasteiger partial charge in [0.05, 0.1) is 5.02 Å². The predicted octanol–water partition coefficient (Wildman–Crippen LogP) is 5.54. The van der Waals surface area contributed by atoms with Crippen LogP contribution >= 0.6 is 34.5 Å². The Balaban J connectivity index is 1.37. The Morgan fingerprint density at radius 2 is 1.38 bits per heavy atom. The third kappa shape index (κ3) is 4.75. The van der Waals surface area contributed by atoms with E-state index in [1.54, 1.807) is 54.6 Å². The summed E-state index contributed by atoms with van der Waals surface area (Å²) >= 11 is 13.5. The number of halogens is 2. The number of hydrogen-bond acceptors (Lipinski definition) is 4. The Bertz CT molecular complexity index is 1320. The van der Waals surface area contributed by atoms with Gasteiger partial charge in [-0.1, -0.05) is 47.5 Å². The summed E-state index contributed by atoms with van der Waals surface area (Å²) in [5, 5.41) is 4.31. The Morgan fingerprint density at radius 3 is 2.09 bits per heavy atom. The number of hydrogen-bond donors (Lipinski definition) is 3. The van der Waals surface area contributed by atoms with Crippen LogP contribution in [0.1, 0.15) is 30.4 Å². The first kappa shape index (κ1) is 21.8. The van der Waals surface area contributed by atoms with Crippen LogP contribution in [0.25, 0.3) is 10.1 Å². The average molecular weight is 484 g/mol. The fourth-order valence-corrected chi connectivity index (χ4v) is 4.61. The maximum absolute atomic E-state index is 12.5. The van der Waals surface area contributed by atoms with E-state index in [0.717, 1.165) is 4.70 Å². The van der Waals surface area contributed by atoms with Crippen LogP contribution in [0, 0.1) is 0 Å². The average Bonchev–Trinajstić information content (AvgIpc) is 3.13. The highest BCUT2D eigenvalue weighted by Crippen LogP contribution is 2.36. The van der Waals surface area contributed by atoms with E-state index in [1.807, 2.05) is 6.07 Å². The fourth-order valence-electron chi connectivity index (χ4n) is 2.93. The number of hydrazine groups is 1. The summed E-state index contributed by atoms with van der Waals surface area (Å²) < 4.78 is 0.770. The lowest BCUT2D eigenvalue weighted by Gasteiger charge is -2.08. The van der Waals surface area contributed by atoms with Gasteiger partial charge in [-0.3, -0.25) is 25.2 Å². The second-order valence-corrected chi connectivity index (χ2v) is 8.56. The Labute approximate surface area is 197 Å². The van der Waals surface area contributed by atoms with E-state index >= 15 is 0 Å². The second-order valence-electron chi connectivity index (χ2n) is 6.69. The summed E-state index contributed by atoms with van der Waals surface area (Å²) in [6.45, 7) is 0. The molecule has 4 rings (SSSR count). The van der Waals surface area contributed by atoms with Crippen molar-refractivity contribution in [3.63, 3.8) is 0 Å². The van der Waals surface area contributed by atoms with Gasteiger partial charge in [0.25, 0.3) is 17.7 Å². The normalized spacial score (nSPS) is 10.6. The second kappa shape index (κ2) is 9.40. The summed E-state index contributed by atoms with van der Waals surface area (Å²) in [6.07, 6.45) is 0. The summed E-state index contributed by atoms with van der Waals surface area (Å²) in [7, 11) is 0. The molecule has 0 aliphatic rings. The quantitative estimate of drug-likeness (QED) is 0.333. The van der Waals surface area contributed by atoms with Crippen LogP contribution in [-0.2, 0) is 0 Å². The lowest BCUT2D eigenvalue weighted by atomic mass is 10.1. The van der Waals surface area contributed by atoms with Gasteiger partial charge in [0.15, 0.2) is 0 Å². The zero-order valence-corrected chi connectivity index (χ0v) is 18.6. The molecular formula is C23H15Cl2N3O3S. The van der Waals surface area contributed by atoms with E-state index in [4.69, 9.17) is 23.2 Å². The van der Waals surface area contributed by atoms with Crippen molar-refractivity contribution >= 4 is 68.0 Å². The summed E-state index contributed by atoms with van der Waals surface area (Å²) in [4.78, 5) is 37.3. The molecule has 0 saturated carbocycles. The molecular weight excluding hydrogens is 469 g/mol. The van der Waals surface area contributed by atoms with Crippen LogP contribution in [0.15, 0.2) is 72.8 Å². The molecule has 9 heteroatoms. The van der Waals surface area contributed by atoms with Gasteiger partial charge in [-0.25, -0.2) is 0 Å². The minimum atomic E-state index is -0.535. The lowest BCUT2D eigenvalue weighted by Crippen LogP contribution is -2.41. The molecule has 1 aromatic heterocycles. The lowest BCUT2D eigenvalue weighted by molar-refractivity contribution is 0.0849. The van der Waals surface area contributed by atoms with Crippen molar-refractivity contribution in [3.8, 4) is 0 Å². The molecule has 3 amide bonds. The number of fused-ring (bicyclic) bond motifs is 1. The standard InChI is InChI=1S/C23H15Cl2N3O3S/c24-15-8-11-17-18(12-15)32-20(19(17)25)23(31)28-27-22(30)14-6-9-16(10-7-14)26-21(29)13-4-2-1-3-5-13/h1-12H,(H,26,29)(H,27,30)(H,28,31).